The van der Waals surface area contributed by atoms with Crippen molar-refractivity contribution < 1.29 is 24.0 Å². The lowest BCUT2D eigenvalue weighted by Gasteiger charge is -2.12. The Morgan fingerprint density at radius 1 is 1.29 bits per heavy atom. The number of amides is 2. The van der Waals surface area contributed by atoms with Crippen molar-refractivity contribution in [2.75, 3.05) is 12.4 Å². The molecule has 1 fully saturated rings. The molecule has 1 aromatic heterocycles. The van der Waals surface area contributed by atoms with Crippen LogP contribution >= 0.6 is 23.1 Å². The van der Waals surface area contributed by atoms with E-state index >= 15 is 0 Å². The summed E-state index contributed by atoms with van der Waals surface area (Å²) in [6.45, 7) is 0. The van der Waals surface area contributed by atoms with E-state index in [0.717, 1.165) is 47.9 Å². The van der Waals surface area contributed by atoms with E-state index < -0.39 is 22.0 Å². The van der Waals surface area contributed by atoms with Crippen LogP contribution in [0.25, 0.3) is 0 Å². The third kappa shape index (κ3) is 5.74. The van der Waals surface area contributed by atoms with Gasteiger partial charge in [0.2, 0.25) is 11.8 Å². The molecule has 0 spiro atoms. The van der Waals surface area contributed by atoms with Crippen LogP contribution in [0.2, 0.25) is 0 Å². The number of fused-ring (bicyclic) bond motifs is 1. The van der Waals surface area contributed by atoms with E-state index in [4.69, 9.17) is 4.74 Å². The molecule has 1 aliphatic heterocycles. The van der Waals surface area contributed by atoms with Crippen molar-refractivity contribution in [1.29, 1.82) is 0 Å². The number of nitrogens with zero attached hydrogens (tertiary/aromatic N) is 3. The second-order valence-electron chi connectivity index (χ2n) is 7.75. The number of hydrogen-bond acceptors (Lipinski definition) is 10. The smallest absolute Gasteiger partial charge is 0.341 e. The third-order valence-electron chi connectivity index (χ3n) is 5.42. The van der Waals surface area contributed by atoms with Crippen molar-refractivity contribution in [2.24, 2.45) is 10.2 Å². The fraction of sp³-hybridized carbons (Fsp3) is 0.318. The summed E-state index contributed by atoms with van der Waals surface area (Å²) in [6, 6.07) is 5.76. The molecule has 2 aliphatic rings. The normalized spacial score (nSPS) is 18.4. The number of esters is 1. The SMILES string of the molecule is COC(=O)c1c(NC(=O)C[C@H]2S/C(=N\N=C/c3ccc([N+](=O)[O-])cc3)NC2=O)sc2c1CCCC2. The van der Waals surface area contributed by atoms with Gasteiger partial charge >= 0.3 is 5.97 Å². The molecule has 2 N–H and O–H groups in total. The first-order valence-electron chi connectivity index (χ1n) is 10.7. The number of hydrogen-bond donors (Lipinski definition) is 2. The number of benzene rings is 1. The topological polar surface area (TPSA) is 152 Å². The van der Waals surface area contributed by atoms with Gasteiger partial charge in [0, 0.05) is 23.4 Å². The van der Waals surface area contributed by atoms with Gasteiger partial charge in [-0.1, -0.05) is 11.8 Å². The molecule has 13 heteroatoms. The lowest BCUT2D eigenvalue weighted by Crippen LogP contribution is -2.28. The van der Waals surface area contributed by atoms with Crippen LogP contribution in [-0.2, 0) is 27.2 Å². The van der Waals surface area contributed by atoms with Crippen LogP contribution in [0.5, 0.6) is 0 Å². The first kappa shape index (κ1) is 24.5. The summed E-state index contributed by atoms with van der Waals surface area (Å²) < 4.78 is 4.92. The summed E-state index contributed by atoms with van der Waals surface area (Å²) in [5.41, 5.74) is 1.92. The number of nitro groups is 1. The fourth-order valence-corrected chi connectivity index (χ4v) is 5.95. The first-order chi connectivity index (χ1) is 16.9. The molecule has 2 aromatic rings. The summed E-state index contributed by atoms with van der Waals surface area (Å²) in [7, 11) is 1.31. The van der Waals surface area contributed by atoms with Crippen molar-refractivity contribution in [3.63, 3.8) is 0 Å². The molecule has 0 unspecified atom stereocenters. The number of carbonyl (C=O) groups is 3. The molecule has 1 atom stereocenters. The van der Waals surface area contributed by atoms with E-state index in [2.05, 4.69) is 20.8 Å². The highest BCUT2D eigenvalue weighted by molar-refractivity contribution is 8.15. The van der Waals surface area contributed by atoms with Gasteiger partial charge in [0.15, 0.2) is 5.17 Å². The lowest BCUT2D eigenvalue weighted by atomic mass is 9.95. The van der Waals surface area contributed by atoms with E-state index in [9.17, 15) is 24.5 Å². The summed E-state index contributed by atoms with van der Waals surface area (Å²) in [4.78, 5) is 48.6. The molecule has 1 saturated heterocycles. The number of thiophene rings is 1. The second kappa shape index (κ2) is 10.8. The van der Waals surface area contributed by atoms with Crippen LogP contribution < -0.4 is 10.6 Å². The van der Waals surface area contributed by atoms with Crippen LogP contribution in [-0.4, -0.2) is 46.4 Å². The number of anilines is 1. The first-order valence-corrected chi connectivity index (χ1v) is 12.4. The van der Waals surface area contributed by atoms with Crippen molar-refractivity contribution in [1.82, 2.24) is 5.32 Å². The summed E-state index contributed by atoms with van der Waals surface area (Å²) in [5.74, 6) is -1.24. The minimum absolute atomic E-state index is 0.0328. The number of carbonyl (C=O) groups excluding carboxylic acids is 3. The Balaban J connectivity index is 1.37. The number of rotatable bonds is 7. The quantitative estimate of drug-likeness (QED) is 0.248. The number of nitrogens with one attached hydrogen (secondary N) is 2. The molecule has 2 amide bonds. The zero-order chi connectivity index (χ0) is 24.9. The highest BCUT2D eigenvalue weighted by Gasteiger charge is 2.33. The maximum atomic E-state index is 12.7. The highest BCUT2D eigenvalue weighted by Crippen LogP contribution is 2.38. The Morgan fingerprint density at radius 3 is 2.74 bits per heavy atom. The molecular formula is C22H21N5O6S2. The predicted octanol–water partition coefficient (Wildman–Crippen LogP) is 3.27. The molecule has 182 valence electrons. The number of non-ortho nitro benzene ring substituents is 1. The highest BCUT2D eigenvalue weighted by atomic mass is 32.2. The van der Waals surface area contributed by atoms with Crippen LogP contribution in [0.15, 0.2) is 34.5 Å². The molecule has 1 aromatic carbocycles. The molecule has 11 nitrogen and oxygen atoms in total. The molecule has 4 rings (SSSR count). The molecular weight excluding hydrogens is 494 g/mol. The average Bonchev–Trinajstić information content (AvgIpc) is 3.38. The zero-order valence-electron chi connectivity index (χ0n) is 18.6. The van der Waals surface area contributed by atoms with Gasteiger partial charge in [-0.2, -0.15) is 5.10 Å². The van der Waals surface area contributed by atoms with E-state index in [1.54, 1.807) is 0 Å². The van der Waals surface area contributed by atoms with Crippen LogP contribution in [0.3, 0.4) is 0 Å². The van der Waals surface area contributed by atoms with Gasteiger partial charge in [-0.25, -0.2) is 4.79 Å². The fourth-order valence-electron chi connectivity index (χ4n) is 3.73. The molecule has 0 bridgehead atoms. The van der Waals surface area contributed by atoms with Gasteiger partial charge in [0.05, 0.1) is 23.8 Å². The van der Waals surface area contributed by atoms with Crippen molar-refractivity contribution >= 4 is 63.0 Å². The molecule has 0 radical (unpaired) electrons. The maximum absolute atomic E-state index is 12.7. The largest absolute Gasteiger partial charge is 0.465 e. The number of ether oxygens (including phenoxy) is 1. The predicted molar refractivity (Wildman–Crippen MR) is 133 cm³/mol. The van der Waals surface area contributed by atoms with Crippen molar-refractivity contribution in [2.45, 2.75) is 37.4 Å². The standard InChI is InChI=1S/C22H21N5O6S2/c1-33-21(30)18-14-4-2-3-5-15(14)34-20(18)24-17(28)10-16-19(29)25-22(35-16)26-23-11-12-6-8-13(9-7-12)27(31)32/h6-9,11,16H,2-5,10H2,1H3,(H,24,28)(H,25,26,29)/b23-11-/t16-/m1/s1. The van der Waals surface area contributed by atoms with Crippen LogP contribution in [0.1, 0.15) is 45.6 Å². The molecule has 2 heterocycles. The minimum Gasteiger partial charge on any atom is -0.465 e. The van der Waals surface area contributed by atoms with E-state index in [0.29, 0.717) is 16.1 Å². The van der Waals surface area contributed by atoms with Crippen LogP contribution in [0.4, 0.5) is 10.7 Å². The maximum Gasteiger partial charge on any atom is 0.341 e. The lowest BCUT2D eigenvalue weighted by molar-refractivity contribution is -0.384. The molecule has 35 heavy (non-hydrogen) atoms. The summed E-state index contributed by atoms with van der Waals surface area (Å²) >= 11 is 2.46. The van der Waals surface area contributed by atoms with E-state index in [1.165, 1.54) is 48.9 Å². The number of aryl methyl sites for hydroxylation is 1. The summed E-state index contributed by atoms with van der Waals surface area (Å²) in [6.07, 6.45) is 4.94. The number of methoxy groups -OCH3 is 1. The van der Waals surface area contributed by atoms with Gasteiger partial charge in [-0.3, -0.25) is 19.7 Å². The Bertz CT molecular complexity index is 1240. The van der Waals surface area contributed by atoms with Gasteiger partial charge in [0.1, 0.15) is 10.3 Å². The van der Waals surface area contributed by atoms with Crippen molar-refractivity contribution in [3.8, 4) is 0 Å². The zero-order valence-corrected chi connectivity index (χ0v) is 20.2. The summed E-state index contributed by atoms with van der Waals surface area (Å²) in [5, 5.41) is 23.9. The van der Waals surface area contributed by atoms with E-state index in [-0.39, 0.29) is 23.2 Å². The van der Waals surface area contributed by atoms with Gasteiger partial charge in [0.25, 0.3) is 5.69 Å². The number of amidine groups is 1. The Hall–Kier alpha value is -3.58. The number of thioether (sulfide) groups is 1. The second-order valence-corrected chi connectivity index (χ2v) is 10.0. The van der Waals surface area contributed by atoms with Gasteiger partial charge in [-0.15, -0.1) is 16.4 Å². The third-order valence-corrected chi connectivity index (χ3v) is 7.70. The van der Waals surface area contributed by atoms with Crippen LogP contribution in [0, 0.1) is 10.1 Å². The molecule has 0 saturated carbocycles. The average molecular weight is 516 g/mol. The monoisotopic (exact) mass is 515 g/mol. The minimum atomic E-state index is -0.695. The Morgan fingerprint density at radius 2 is 2.03 bits per heavy atom. The Labute approximate surface area is 208 Å². The van der Waals surface area contributed by atoms with Gasteiger partial charge in [-0.05, 0) is 48.9 Å². The molecule has 1 aliphatic carbocycles. The van der Waals surface area contributed by atoms with E-state index in [1.807, 2.05) is 0 Å². The number of nitro benzene ring substituents is 1. The van der Waals surface area contributed by atoms with Crippen molar-refractivity contribution in [3.05, 3.63) is 55.9 Å². The van der Waals surface area contributed by atoms with Gasteiger partial charge < -0.3 is 15.4 Å². The Kier molecular flexibility index (Phi) is 7.56.